The summed E-state index contributed by atoms with van der Waals surface area (Å²) < 4.78 is 1.49. The van der Waals surface area contributed by atoms with Crippen molar-refractivity contribution >= 4 is 22.8 Å². The van der Waals surface area contributed by atoms with Gasteiger partial charge < -0.3 is 4.98 Å². The third kappa shape index (κ3) is 1.68. The molecule has 0 radical (unpaired) electrons. The highest BCUT2D eigenvalue weighted by Gasteiger charge is 2.21. The SMILES string of the molecule is O=c1[nH]c(=O)n(CC2CCC2)c2nc(Cl)[nH]c12. The van der Waals surface area contributed by atoms with E-state index in [0.29, 0.717) is 18.1 Å². The molecular formula is C10H11ClN4O2. The Morgan fingerprint density at radius 3 is 2.76 bits per heavy atom. The zero-order valence-electron chi connectivity index (χ0n) is 8.99. The van der Waals surface area contributed by atoms with Gasteiger partial charge >= 0.3 is 5.69 Å². The van der Waals surface area contributed by atoms with Crippen molar-refractivity contribution in [3.63, 3.8) is 0 Å². The van der Waals surface area contributed by atoms with E-state index in [4.69, 9.17) is 11.6 Å². The van der Waals surface area contributed by atoms with Crippen LogP contribution in [0.5, 0.6) is 0 Å². The lowest BCUT2D eigenvalue weighted by atomic mass is 9.85. The van der Waals surface area contributed by atoms with Gasteiger partial charge in [-0.1, -0.05) is 6.42 Å². The molecule has 0 bridgehead atoms. The van der Waals surface area contributed by atoms with Crippen molar-refractivity contribution in [2.24, 2.45) is 5.92 Å². The number of hydrogen-bond donors (Lipinski definition) is 2. The van der Waals surface area contributed by atoms with Crippen molar-refractivity contribution in [3.05, 3.63) is 26.1 Å². The van der Waals surface area contributed by atoms with E-state index in [9.17, 15) is 9.59 Å². The summed E-state index contributed by atoms with van der Waals surface area (Å²) in [5.74, 6) is 0.497. The summed E-state index contributed by atoms with van der Waals surface area (Å²) in [4.78, 5) is 32.2. The van der Waals surface area contributed by atoms with Crippen LogP contribution >= 0.6 is 11.6 Å². The third-order valence-corrected chi connectivity index (χ3v) is 3.45. The van der Waals surface area contributed by atoms with Gasteiger partial charge in [-0.05, 0) is 30.4 Å². The summed E-state index contributed by atoms with van der Waals surface area (Å²) in [6, 6.07) is 0. The topological polar surface area (TPSA) is 83.5 Å². The van der Waals surface area contributed by atoms with Crippen LogP contribution in [0.25, 0.3) is 11.2 Å². The highest BCUT2D eigenvalue weighted by Crippen LogP contribution is 2.27. The highest BCUT2D eigenvalue weighted by molar-refractivity contribution is 6.28. The van der Waals surface area contributed by atoms with E-state index in [-0.39, 0.29) is 10.8 Å². The molecule has 2 aromatic rings. The fourth-order valence-corrected chi connectivity index (χ4v) is 2.29. The number of aromatic nitrogens is 4. The Bertz CT molecular complexity index is 680. The first-order valence-electron chi connectivity index (χ1n) is 5.53. The van der Waals surface area contributed by atoms with Crippen LogP contribution < -0.4 is 11.2 Å². The first-order chi connectivity index (χ1) is 8.15. The fraction of sp³-hybridized carbons (Fsp3) is 0.500. The zero-order valence-corrected chi connectivity index (χ0v) is 9.75. The van der Waals surface area contributed by atoms with Gasteiger partial charge in [-0.25, -0.2) is 4.79 Å². The van der Waals surface area contributed by atoms with Crippen LogP contribution in [0.1, 0.15) is 19.3 Å². The van der Waals surface area contributed by atoms with E-state index < -0.39 is 11.2 Å². The molecule has 0 atom stereocenters. The van der Waals surface area contributed by atoms with E-state index >= 15 is 0 Å². The molecular weight excluding hydrogens is 244 g/mol. The molecule has 7 heteroatoms. The molecule has 0 saturated heterocycles. The number of rotatable bonds is 2. The lowest BCUT2D eigenvalue weighted by Gasteiger charge is -2.25. The van der Waals surface area contributed by atoms with Crippen LogP contribution in [0.15, 0.2) is 9.59 Å². The van der Waals surface area contributed by atoms with Gasteiger partial charge in [0.2, 0.25) is 5.28 Å². The Morgan fingerprint density at radius 1 is 1.35 bits per heavy atom. The average Bonchev–Trinajstić information content (AvgIpc) is 2.57. The molecule has 1 aliphatic carbocycles. The van der Waals surface area contributed by atoms with Gasteiger partial charge in [0.1, 0.15) is 0 Å². The summed E-state index contributed by atoms with van der Waals surface area (Å²) >= 11 is 5.73. The predicted molar refractivity (Wildman–Crippen MR) is 63.3 cm³/mol. The van der Waals surface area contributed by atoms with Crippen LogP contribution in [0.3, 0.4) is 0 Å². The second kappa shape index (κ2) is 3.73. The monoisotopic (exact) mass is 254 g/mol. The molecule has 1 aliphatic rings. The largest absolute Gasteiger partial charge is 0.330 e. The summed E-state index contributed by atoms with van der Waals surface area (Å²) in [7, 11) is 0. The van der Waals surface area contributed by atoms with Crippen LogP contribution in [0, 0.1) is 5.92 Å². The Balaban J connectivity index is 2.20. The van der Waals surface area contributed by atoms with Gasteiger partial charge in [0.25, 0.3) is 5.56 Å². The van der Waals surface area contributed by atoms with Crippen LogP contribution in [-0.2, 0) is 6.54 Å². The second-order valence-corrected chi connectivity index (χ2v) is 4.75. The highest BCUT2D eigenvalue weighted by atomic mass is 35.5. The fourth-order valence-electron chi connectivity index (χ4n) is 2.12. The van der Waals surface area contributed by atoms with Crippen molar-refractivity contribution in [1.29, 1.82) is 0 Å². The molecule has 17 heavy (non-hydrogen) atoms. The Kier molecular flexibility index (Phi) is 2.32. The Morgan fingerprint density at radius 2 is 2.12 bits per heavy atom. The molecule has 3 rings (SSSR count). The molecule has 2 aromatic heterocycles. The quantitative estimate of drug-likeness (QED) is 0.780. The number of hydrogen-bond acceptors (Lipinski definition) is 3. The molecule has 2 heterocycles. The van der Waals surface area contributed by atoms with Gasteiger partial charge in [-0.2, -0.15) is 4.98 Å². The molecule has 90 valence electrons. The molecule has 0 aliphatic heterocycles. The minimum absolute atomic E-state index is 0.124. The van der Waals surface area contributed by atoms with Crippen LogP contribution in [0.4, 0.5) is 0 Å². The smallest absolute Gasteiger partial charge is 0.323 e. The summed E-state index contributed by atoms with van der Waals surface area (Å²) in [6.45, 7) is 0.591. The molecule has 1 fully saturated rings. The number of imidazole rings is 1. The van der Waals surface area contributed by atoms with E-state index in [1.807, 2.05) is 0 Å². The van der Waals surface area contributed by atoms with Crippen molar-refractivity contribution < 1.29 is 0 Å². The maximum absolute atomic E-state index is 11.7. The molecule has 0 spiro atoms. The van der Waals surface area contributed by atoms with Gasteiger partial charge in [0.15, 0.2) is 11.2 Å². The molecule has 6 nitrogen and oxygen atoms in total. The third-order valence-electron chi connectivity index (χ3n) is 3.27. The minimum atomic E-state index is -0.478. The number of nitrogens with zero attached hydrogens (tertiary/aromatic N) is 2. The molecule has 1 saturated carbocycles. The summed E-state index contributed by atoms with van der Waals surface area (Å²) in [6.07, 6.45) is 3.43. The first-order valence-corrected chi connectivity index (χ1v) is 5.91. The predicted octanol–water partition coefficient (Wildman–Crippen LogP) is 0.866. The summed E-state index contributed by atoms with van der Waals surface area (Å²) in [5, 5.41) is 0.124. The van der Waals surface area contributed by atoms with Gasteiger partial charge in [-0.3, -0.25) is 14.3 Å². The van der Waals surface area contributed by atoms with E-state index in [1.54, 1.807) is 0 Å². The van der Waals surface area contributed by atoms with Gasteiger partial charge in [0, 0.05) is 6.54 Å². The lowest BCUT2D eigenvalue weighted by molar-refractivity contribution is 0.275. The van der Waals surface area contributed by atoms with Crippen LogP contribution in [0.2, 0.25) is 5.28 Å². The number of aromatic amines is 2. The maximum Gasteiger partial charge on any atom is 0.330 e. The standard InChI is InChI=1S/C10H11ClN4O2/c11-9-12-6-7(13-9)15(4-5-2-1-3-5)10(17)14-8(6)16/h5H,1-4H2,(H,12,13)(H,14,16,17). The second-order valence-electron chi connectivity index (χ2n) is 4.39. The van der Waals surface area contributed by atoms with Crippen molar-refractivity contribution in [3.8, 4) is 0 Å². The molecule has 0 aromatic carbocycles. The van der Waals surface area contributed by atoms with Crippen molar-refractivity contribution in [1.82, 2.24) is 19.5 Å². The lowest BCUT2D eigenvalue weighted by Crippen LogP contribution is -2.33. The Hall–Kier alpha value is -1.56. The average molecular weight is 255 g/mol. The van der Waals surface area contributed by atoms with Crippen molar-refractivity contribution in [2.75, 3.05) is 0 Å². The zero-order chi connectivity index (χ0) is 12.0. The van der Waals surface area contributed by atoms with Gasteiger partial charge in [-0.15, -0.1) is 0 Å². The van der Waals surface area contributed by atoms with E-state index in [0.717, 1.165) is 12.8 Å². The van der Waals surface area contributed by atoms with Crippen LogP contribution in [-0.4, -0.2) is 19.5 Å². The molecule has 0 amide bonds. The van der Waals surface area contributed by atoms with Gasteiger partial charge in [0.05, 0.1) is 0 Å². The summed E-state index contributed by atoms with van der Waals surface area (Å²) in [5.41, 5.74) is -0.295. The minimum Gasteiger partial charge on any atom is -0.323 e. The molecule has 2 N–H and O–H groups in total. The number of halogens is 1. The van der Waals surface area contributed by atoms with E-state index in [2.05, 4.69) is 15.0 Å². The van der Waals surface area contributed by atoms with E-state index in [1.165, 1.54) is 11.0 Å². The number of nitrogens with one attached hydrogen (secondary N) is 2. The Labute approximate surface area is 101 Å². The normalized spacial score (nSPS) is 16.3. The number of H-pyrrole nitrogens is 2. The van der Waals surface area contributed by atoms with Crippen molar-refractivity contribution in [2.45, 2.75) is 25.8 Å². The maximum atomic E-state index is 11.7. The number of fused-ring (bicyclic) bond motifs is 1. The molecule has 0 unspecified atom stereocenters. The first kappa shape index (κ1) is 10.6.